The molecule has 1 atom stereocenters. The molecule has 1 aliphatic carbocycles. The second-order valence-corrected chi connectivity index (χ2v) is 8.33. The summed E-state index contributed by atoms with van der Waals surface area (Å²) in [5.41, 5.74) is 0.262. The summed E-state index contributed by atoms with van der Waals surface area (Å²) >= 11 is 0. The van der Waals surface area contributed by atoms with Crippen molar-refractivity contribution < 1.29 is 22.7 Å². The summed E-state index contributed by atoms with van der Waals surface area (Å²) < 4.78 is 38.6. The fourth-order valence-corrected chi connectivity index (χ4v) is 4.63. The first-order valence-corrected chi connectivity index (χ1v) is 10.4. The molecule has 1 amide bonds. The van der Waals surface area contributed by atoms with Gasteiger partial charge in [-0.05, 0) is 38.0 Å². The van der Waals surface area contributed by atoms with Crippen molar-refractivity contribution in [1.29, 1.82) is 0 Å². The van der Waals surface area contributed by atoms with Gasteiger partial charge in [0, 0.05) is 24.8 Å². The van der Waals surface area contributed by atoms with Crippen LogP contribution in [0.3, 0.4) is 0 Å². The fourth-order valence-electron chi connectivity index (χ4n) is 3.13. The van der Waals surface area contributed by atoms with E-state index in [0.717, 1.165) is 32.1 Å². The number of sulfonamides is 1. The van der Waals surface area contributed by atoms with Crippen LogP contribution in [0.1, 0.15) is 49.4 Å². The number of carbonyl (C=O) groups excluding carboxylic acids is 1. The van der Waals surface area contributed by atoms with Crippen LogP contribution < -0.4 is 14.8 Å². The minimum absolute atomic E-state index is 0.0161. The molecule has 1 aliphatic rings. The third-order valence-electron chi connectivity index (χ3n) is 4.44. The van der Waals surface area contributed by atoms with Crippen molar-refractivity contribution in [3.8, 4) is 5.75 Å². The summed E-state index contributed by atoms with van der Waals surface area (Å²) in [5, 5.41) is 2.77. The molecule has 2 rings (SSSR count). The van der Waals surface area contributed by atoms with E-state index in [1.54, 1.807) is 13.2 Å². The second-order valence-electron chi connectivity index (χ2n) is 6.65. The SMILES string of the molecule is COC[C@@H](C)NC(=O)c1ccc(OC)c(S(=O)(=O)NC2CCCCC2)c1. The number of nitrogens with one attached hydrogen (secondary N) is 2. The average Bonchev–Trinajstić information content (AvgIpc) is 2.61. The van der Waals surface area contributed by atoms with Crippen LogP contribution in [0.15, 0.2) is 23.1 Å². The Kier molecular flexibility index (Phi) is 7.43. The number of carbonyl (C=O) groups is 1. The van der Waals surface area contributed by atoms with Gasteiger partial charge in [0.05, 0.1) is 13.7 Å². The van der Waals surface area contributed by atoms with E-state index in [1.807, 2.05) is 6.92 Å². The Labute approximate surface area is 155 Å². The molecule has 0 saturated heterocycles. The molecule has 0 unspecified atom stereocenters. The molecule has 0 bridgehead atoms. The van der Waals surface area contributed by atoms with Gasteiger partial charge < -0.3 is 14.8 Å². The van der Waals surface area contributed by atoms with Gasteiger partial charge in [0.25, 0.3) is 5.91 Å². The molecule has 26 heavy (non-hydrogen) atoms. The lowest BCUT2D eigenvalue weighted by atomic mass is 9.96. The molecule has 0 heterocycles. The first-order valence-electron chi connectivity index (χ1n) is 8.87. The molecular weight excluding hydrogens is 356 g/mol. The van der Waals surface area contributed by atoms with Crippen molar-refractivity contribution in [1.82, 2.24) is 10.0 Å². The van der Waals surface area contributed by atoms with E-state index in [-0.39, 0.29) is 34.2 Å². The molecule has 7 nitrogen and oxygen atoms in total. The van der Waals surface area contributed by atoms with Crippen molar-refractivity contribution in [3.05, 3.63) is 23.8 Å². The van der Waals surface area contributed by atoms with Crippen LogP contribution in [-0.4, -0.2) is 47.2 Å². The molecule has 1 aromatic rings. The number of benzene rings is 1. The molecular formula is C18H28N2O5S. The average molecular weight is 384 g/mol. The highest BCUT2D eigenvalue weighted by molar-refractivity contribution is 7.89. The van der Waals surface area contributed by atoms with Gasteiger partial charge in [0.1, 0.15) is 10.6 Å². The molecule has 1 fully saturated rings. The number of amides is 1. The maximum Gasteiger partial charge on any atom is 0.251 e. The van der Waals surface area contributed by atoms with Gasteiger partial charge in [-0.2, -0.15) is 0 Å². The van der Waals surface area contributed by atoms with Crippen LogP contribution in [0.4, 0.5) is 0 Å². The van der Waals surface area contributed by atoms with E-state index in [0.29, 0.717) is 6.61 Å². The molecule has 0 aromatic heterocycles. The van der Waals surface area contributed by atoms with Gasteiger partial charge in [-0.15, -0.1) is 0 Å². The molecule has 8 heteroatoms. The summed E-state index contributed by atoms with van der Waals surface area (Å²) in [4.78, 5) is 12.4. The predicted molar refractivity (Wildman–Crippen MR) is 99.0 cm³/mol. The minimum atomic E-state index is -3.78. The number of ether oxygens (including phenoxy) is 2. The van der Waals surface area contributed by atoms with Crippen molar-refractivity contribution in [2.45, 2.75) is 56.0 Å². The second kappa shape index (κ2) is 9.34. The van der Waals surface area contributed by atoms with Crippen molar-refractivity contribution in [2.24, 2.45) is 0 Å². The number of hydrogen-bond acceptors (Lipinski definition) is 5. The topological polar surface area (TPSA) is 93.7 Å². The Bertz CT molecular complexity index is 714. The standard InChI is InChI=1S/C18H28N2O5S/c1-13(12-24-2)19-18(21)14-9-10-16(25-3)17(11-14)26(22,23)20-15-7-5-4-6-8-15/h9-11,13,15,20H,4-8,12H2,1-3H3,(H,19,21)/t13-/m1/s1. The van der Waals surface area contributed by atoms with Gasteiger partial charge in [-0.1, -0.05) is 19.3 Å². The minimum Gasteiger partial charge on any atom is -0.495 e. The molecule has 0 spiro atoms. The van der Waals surface area contributed by atoms with E-state index in [4.69, 9.17) is 9.47 Å². The monoisotopic (exact) mass is 384 g/mol. The Morgan fingerprint density at radius 2 is 1.92 bits per heavy atom. The first kappa shape index (κ1) is 20.7. The van der Waals surface area contributed by atoms with E-state index < -0.39 is 10.0 Å². The van der Waals surface area contributed by atoms with Gasteiger partial charge >= 0.3 is 0 Å². The van der Waals surface area contributed by atoms with Gasteiger partial charge in [0.15, 0.2) is 0 Å². The van der Waals surface area contributed by atoms with Crippen LogP contribution in [-0.2, 0) is 14.8 Å². The lowest BCUT2D eigenvalue weighted by molar-refractivity contribution is 0.0905. The van der Waals surface area contributed by atoms with Crippen LogP contribution in [0.2, 0.25) is 0 Å². The first-order chi connectivity index (χ1) is 12.4. The third-order valence-corrected chi connectivity index (χ3v) is 5.98. The van der Waals surface area contributed by atoms with E-state index in [1.165, 1.54) is 19.2 Å². The number of methoxy groups -OCH3 is 2. The highest BCUT2D eigenvalue weighted by Gasteiger charge is 2.26. The van der Waals surface area contributed by atoms with Gasteiger partial charge in [-0.3, -0.25) is 4.79 Å². The maximum atomic E-state index is 12.8. The van der Waals surface area contributed by atoms with E-state index in [2.05, 4.69) is 10.0 Å². The zero-order chi connectivity index (χ0) is 19.2. The maximum absolute atomic E-state index is 12.8. The van der Waals surface area contributed by atoms with Crippen molar-refractivity contribution in [3.63, 3.8) is 0 Å². The van der Waals surface area contributed by atoms with E-state index in [9.17, 15) is 13.2 Å². The number of rotatable bonds is 8. The zero-order valence-corrected chi connectivity index (χ0v) is 16.4. The predicted octanol–water partition coefficient (Wildman–Crippen LogP) is 2.07. The van der Waals surface area contributed by atoms with Gasteiger partial charge in [0.2, 0.25) is 10.0 Å². The van der Waals surface area contributed by atoms with Crippen molar-refractivity contribution in [2.75, 3.05) is 20.8 Å². The van der Waals surface area contributed by atoms with Crippen LogP contribution >= 0.6 is 0 Å². The summed E-state index contributed by atoms with van der Waals surface area (Å²) in [5.74, 6) is -0.138. The quantitative estimate of drug-likeness (QED) is 0.716. The Hall–Kier alpha value is -1.64. The molecule has 0 aliphatic heterocycles. The Morgan fingerprint density at radius 1 is 1.23 bits per heavy atom. The lowest BCUT2D eigenvalue weighted by Crippen LogP contribution is -2.37. The normalized spacial score (nSPS) is 16.9. The van der Waals surface area contributed by atoms with Crippen molar-refractivity contribution >= 4 is 15.9 Å². The molecule has 1 saturated carbocycles. The lowest BCUT2D eigenvalue weighted by Gasteiger charge is -2.23. The highest BCUT2D eigenvalue weighted by Crippen LogP contribution is 2.27. The van der Waals surface area contributed by atoms with E-state index >= 15 is 0 Å². The van der Waals surface area contributed by atoms with Crippen LogP contribution in [0.5, 0.6) is 5.75 Å². The molecule has 2 N–H and O–H groups in total. The van der Waals surface area contributed by atoms with Crippen LogP contribution in [0, 0.1) is 0 Å². The van der Waals surface area contributed by atoms with Gasteiger partial charge in [-0.25, -0.2) is 13.1 Å². The smallest absolute Gasteiger partial charge is 0.251 e. The number of hydrogen-bond donors (Lipinski definition) is 2. The summed E-state index contributed by atoms with van der Waals surface area (Å²) in [7, 11) is -0.812. The summed E-state index contributed by atoms with van der Waals surface area (Å²) in [6.07, 6.45) is 4.83. The third kappa shape index (κ3) is 5.43. The Balaban J connectivity index is 2.24. The largest absolute Gasteiger partial charge is 0.495 e. The summed E-state index contributed by atoms with van der Waals surface area (Å²) in [6.45, 7) is 2.18. The summed E-state index contributed by atoms with van der Waals surface area (Å²) in [6, 6.07) is 4.16. The molecule has 0 radical (unpaired) electrons. The Morgan fingerprint density at radius 3 is 2.54 bits per heavy atom. The fraction of sp³-hybridized carbons (Fsp3) is 0.611. The molecule has 1 aromatic carbocycles. The highest BCUT2D eigenvalue weighted by atomic mass is 32.2. The van der Waals surface area contributed by atoms with Crippen LogP contribution in [0.25, 0.3) is 0 Å². The molecule has 146 valence electrons. The zero-order valence-electron chi connectivity index (χ0n) is 15.6.